The quantitative estimate of drug-likeness (QED) is 0.826. The van der Waals surface area contributed by atoms with Crippen molar-refractivity contribution < 1.29 is 5.11 Å². The van der Waals surface area contributed by atoms with E-state index in [1.54, 1.807) is 11.3 Å². The number of hydrogen-bond acceptors (Lipinski definition) is 2. The summed E-state index contributed by atoms with van der Waals surface area (Å²) in [4.78, 5) is 1.20. The Kier molecular flexibility index (Phi) is 4.49. The molecule has 1 atom stereocenters. The summed E-state index contributed by atoms with van der Waals surface area (Å²) in [5.41, 5.74) is 2.31. The van der Waals surface area contributed by atoms with E-state index in [9.17, 15) is 5.11 Å². The third-order valence-corrected chi connectivity index (χ3v) is 4.80. The van der Waals surface area contributed by atoms with Crippen LogP contribution < -0.4 is 0 Å². The van der Waals surface area contributed by atoms with E-state index in [0.717, 1.165) is 9.35 Å². The highest BCUT2D eigenvalue weighted by Gasteiger charge is 2.21. The van der Waals surface area contributed by atoms with Crippen molar-refractivity contribution in [1.82, 2.24) is 0 Å². The first kappa shape index (κ1) is 14.8. The first-order chi connectivity index (χ1) is 8.88. The van der Waals surface area contributed by atoms with Crippen molar-refractivity contribution in [2.75, 3.05) is 0 Å². The van der Waals surface area contributed by atoms with Crippen molar-refractivity contribution in [2.45, 2.75) is 38.7 Å². The molecule has 1 N–H and O–H groups in total. The molecule has 0 radical (unpaired) electrons. The molecule has 2 rings (SSSR count). The van der Waals surface area contributed by atoms with Gasteiger partial charge in [0.15, 0.2) is 0 Å². The molecule has 0 fully saturated rings. The first-order valence-electron chi connectivity index (χ1n) is 6.39. The van der Waals surface area contributed by atoms with Crippen LogP contribution in [-0.2, 0) is 11.8 Å². The van der Waals surface area contributed by atoms with E-state index in [-0.39, 0.29) is 5.41 Å². The molecule has 1 aromatic carbocycles. The number of aliphatic hydroxyl groups is 1. The van der Waals surface area contributed by atoms with Gasteiger partial charge in [0.2, 0.25) is 0 Å². The summed E-state index contributed by atoms with van der Waals surface area (Å²) >= 11 is 5.14. The fourth-order valence-corrected chi connectivity index (χ4v) is 3.75. The van der Waals surface area contributed by atoms with Crippen LogP contribution in [0.15, 0.2) is 40.2 Å². The number of thiophene rings is 1. The highest BCUT2D eigenvalue weighted by Crippen LogP contribution is 2.32. The van der Waals surface area contributed by atoms with Crippen molar-refractivity contribution in [3.8, 4) is 0 Å². The number of rotatable bonds is 3. The lowest BCUT2D eigenvalue weighted by Gasteiger charge is -2.25. The first-order valence-corrected chi connectivity index (χ1v) is 8.00. The predicted octanol–water partition coefficient (Wildman–Crippen LogP) is 5.08. The van der Waals surface area contributed by atoms with Crippen molar-refractivity contribution in [3.05, 3.63) is 56.2 Å². The van der Waals surface area contributed by atoms with E-state index < -0.39 is 6.10 Å². The Balaban J connectivity index is 2.26. The summed E-state index contributed by atoms with van der Waals surface area (Å²) in [6.07, 6.45) is 0.226. The van der Waals surface area contributed by atoms with Crippen molar-refractivity contribution >= 4 is 27.3 Å². The SMILES string of the molecule is CC(C)(C)c1ccccc1C(O)Cc1ccc(Br)s1. The predicted molar refractivity (Wildman–Crippen MR) is 85.8 cm³/mol. The monoisotopic (exact) mass is 338 g/mol. The number of aliphatic hydroxyl groups excluding tert-OH is 1. The van der Waals surface area contributed by atoms with Crippen molar-refractivity contribution in [2.24, 2.45) is 0 Å². The molecule has 102 valence electrons. The van der Waals surface area contributed by atoms with Crippen LogP contribution in [0.1, 0.15) is 42.9 Å². The summed E-state index contributed by atoms with van der Waals surface area (Å²) in [6.45, 7) is 6.54. The van der Waals surface area contributed by atoms with Crippen LogP contribution in [0.4, 0.5) is 0 Å². The molecule has 0 aliphatic rings. The molecule has 1 unspecified atom stereocenters. The third kappa shape index (κ3) is 3.68. The Morgan fingerprint density at radius 3 is 2.42 bits per heavy atom. The van der Waals surface area contributed by atoms with Gasteiger partial charge in [0, 0.05) is 11.3 Å². The van der Waals surface area contributed by atoms with Gasteiger partial charge in [-0.3, -0.25) is 0 Å². The molecule has 0 aliphatic heterocycles. The lowest BCUT2D eigenvalue weighted by atomic mass is 9.82. The fraction of sp³-hybridized carbons (Fsp3) is 0.375. The van der Waals surface area contributed by atoms with Crippen LogP contribution >= 0.6 is 27.3 Å². The van der Waals surface area contributed by atoms with E-state index >= 15 is 0 Å². The van der Waals surface area contributed by atoms with Gasteiger partial charge in [-0.1, -0.05) is 45.0 Å². The van der Waals surface area contributed by atoms with Crippen LogP contribution in [0.5, 0.6) is 0 Å². The second-order valence-electron chi connectivity index (χ2n) is 5.76. The van der Waals surface area contributed by atoms with Gasteiger partial charge in [-0.15, -0.1) is 11.3 Å². The van der Waals surface area contributed by atoms with Crippen molar-refractivity contribution in [1.29, 1.82) is 0 Å². The van der Waals surface area contributed by atoms with E-state index in [2.05, 4.69) is 48.8 Å². The lowest BCUT2D eigenvalue weighted by molar-refractivity contribution is 0.177. The molecule has 0 aliphatic carbocycles. The molecule has 3 heteroatoms. The molecule has 1 aromatic heterocycles. The minimum Gasteiger partial charge on any atom is -0.388 e. The van der Waals surface area contributed by atoms with Crippen LogP contribution in [0.2, 0.25) is 0 Å². The average molecular weight is 339 g/mol. The average Bonchev–Trinajstić information content (AvgIpc) is 2.73. The van der Waals surface area contributed by atoms with Gasteiger partial charge < -0.3 is 5.11 Å². The molecule has 0 amide bonds. The molecule has 0 spiro atoms. The van der Waals surface area contributed by atoms with Gasteiger partial charge in [-0.2, -0.15) is 0 Å². The maximum absolute atomic E-state index is 10.5. The smallest absolute Gasteiger partial charge is 0.0841 e. The van der Waals surface area contributed by atoms with Crippen LogP contribution in [0.3, 0.4) is 0 Å². The summed E-state index contributed by atoms with van der Waals surface area (Å²) < 4.78 is 1.11. The molecule has 19 heavy (non-hydrogen) atoms. The maximum atomic E-state index is 10.5. The zero-order valence-corrected chi connectivity index (χ0v) is 13.9. The molecule has 1 nitrogen and oxygen atoms in total. The van der Waals surface area contributed by atoms with Gasteiger partial charge in [0.05, 0.1) is 9.89 Å². The minimum atomic E-state index is -0.444. The number of hydrogen-bond donors (Lipinski definition) is 1. The van der Waals surface area contributed by atoms with Gasteiger partial charge in [-0.25, -0.2) is 0 Å². The standard InChI is InChI=1S/C16H19BrOS/c1-16(2,3)13-7-5-4-6-12(13)14(18)10-11-8-9-15(17)19-11/h4-9,14,18H,10H2,1-3H3. The van der Waals surface area contributed by atoms with Gasteiger partial charge in [0.1, 0.15) is 0 Å². The number of halogens is 1. The van der Waals surface area contributed by atoms with E-state index in [4.69, 9.17) is 0 Å². The Hall–Kier alpha value is -0.640. The molecular weight excluding hydrogens is 320 g/mol. The second-order valence-corrected chi connectivity index (χ2v) is 8.31. The van der Waals surface area contributed by atoms with Crippen molar-refractivity contribution in [3.63, 3.8) is 0 Å². The van der Waals surface area contributed by atoms with E-state index in [1.165, 1.54) is 10.4 Å². The lowest BCUT2D eigenvalue weighted by Crippen LogP contribution is -2.16. The summed E-state index contributed by atoms with van der Waals surface area (Å²) in [5, 5.41) is 10.5. The Morgan fingerprint density at radius 2 is 1.84 bits per heavy atom. The Bertz CT molecular complexity index is 554. The fourth-order valence-electron chi connectivity index (χ4n) is 2.23. The number of benzene rings is 1. The van der Waals surface area contributed by atoms with Gasteiger partial charge in [0.25, 0.3) is 0 Å². The molecule has 2 aromatic rings. The van der Waals surface area contributed by atoms with Crippen LogP contribution in [-0.4, -0.2) is 5.11 Å². The summed E-state index contributed by atoms with van der Waals surface area (Å²) in [6, 6.07) is 12.3. The molecule has 0 saturated carbocycles. The molecule has 0 saturated heterocycles. The Morgan fingerprint density at radius 1 is 1.16 bits per heavy atom. The van der Waals surface area contributed by atoms with Crippen LogP contribution in [0, 0.1) is 0 Å². The molecule has 1 heterocycles. The highest BCUT2D eigenvalue weighted by molar-refractivity contribution is 9.11. The zero-order valence-electron chi connectivity index (χ0n) is 11.5. The third-order valence-electron chi connectivity index (χ3n) is 3.15. The van der Waals surface area contributed by atoms with E-state index in [1.807, 2.05) is 24.3 Å². The largest absolute Gasteiger partial charge is 0.388 e. The molecule has 0 bridgehead atoms. The second kappa shape index (κ2) is 5.78. The minimum absolute atomic E-state index is 0.0492. The Labute approximate surface area is 127 Å². The normalized spacial score (nSPS) is 13.5. The van der Waals surface area contributed by atoms with E-state index in [0.29, 0.717) is 6.42 Å². The summed E-state index contributed by atoms with van der Waals surface area (Å²) in [7, 11) is 0. The maximum Gasteiger partial charge on any atom is 0.0841 e. The zero-order chi connectivity index (χ0) is 14.0. The van der Waals surface area contributed by atoms with Gasteiger partial charge >= 0.3 is 0 Å². The summed E-state index contributed by atoms with van der Waals surface area (Å²) in [5.74, 6) is 0. The highest BCUT2D eigenvalue weighted by atomic mass is 79.9. The van der Waals surface area contributed by atoms with Gasteiger partial charge in [-0.05, 0) is 44.6 Å². The molecular formula is C16H19BrOS. The van der Waals surface area contributed by atoms with Crippen LogP contribution in [0.25, 0.3) is 0 Å². The topological polar surface area (TPSA) is 20.2 Å².